The summed E-state index contributed by atoms with van der Waals surface area (Å²) in [6, 6.07) is 2.94. The van der Waals surface area contributed by atoms with Crippen LogP contribution in [0.5, 0.6) is 0 Å². The predicted octanol–water partition coefficient (Wildman–Crippen LogP) is 0.842. The van der Waals surface area contributed by atoms with Crippen LogP contribution in [0.1, 0.15) is 35.4 Å². The Morgan fingerprint density at radius 2 is 1.91 bits per heavy atom. The lowest BCUT2D eigenvalue weighted by atomic mass is 9.92. The van der Waals surface area contributed by atoms with E-state index in [2.05, 4.69) is 5.32 Å². The monoisotopic (exact) mass is 333 g/mol. The van der Waals surface area contributed by atoms with Gasteiger partial charge in [-0.3, -0.25) is 14.4 Å². The number of fused-ring (bicyclic) bond motifs is 2. The number of piperidine rings is 1. The number of rotatable bonds is 2. The lowest BCUT2D eigenvalue weighted by Crippen LogP contribution is -2.66. The van der Waals surface area contributed by atoms with Crippen molar-refractivity contribution in [3.05, 3.63) is 22.4 Å². The summed E-state index contributed by atoms with van der Waals surface area (Å²) in [5, 5.41) is 4.88. The van der Waals surface area contributed by atoms with Crippen molar-refractivity contribution < 1.29 is 14.4 Å². The van der Waals surface area contributed by atoms with E-state index in [1.165, 1.54) is 11.3 Å². The van der Waals surface area contributed by atoms with Crippen LogP contribution in [0.3, 0.4) is 0 Å². The van der Waals surface area contributed by atoms with Crippen molar-refractivity contribution in [2.24, 2.45) is 0 Å². The number of thiophene rings is 1. The van der Waals surface area contributed by atoms with Crippen molar-refractivity contribution in [2.45, 2.75) is 43.8 Å². The smallest absolute Gasteiger partial charge is 0.261 e. The Morgan fingerprint density at radius 3 is 2.70 bits per heavy atom. The van der Waals surface area contributed by atoms with Gasteiger partial charge in [0.1, 0.15) is 12.1 Å². The first-order valence-corrected chi connectivity index (χ1v) is 8.98. The molecule has 3 aliphatic rings. The molecule has 0 bridgehead atoms. The van der Waals surface area contributed by atoms with Crippen LogP contribution in [0.25, 0.3) is 0 Å². The fraction of sp³-hybridized carbons (Fsp3) is 0.562. The molecule has 3 unspecified atom stereocenters. The molecular weight excluding hydrogens is 314 g/mol. The van der Waals surface area contributed by atoms with E-state index < -0.39 is 6.04 Å². The van der Waals surface area contributed by atoms with Crippen LogP contribution in [-0.4, -0.2) is 58.7 Å². The third kappa shape index (κ3) is 2.43. The number of hydrogen-bond donors (Lipinski definition) is 1. The Morgan fingerprint density at radius 1 is 1.13 bits per heavy atom. The second kappa shape index (κ2) is 5.63. The maximum Gasteiger partial charge on any atom is 0.261 e. The molecule has 1 N–H and O–H groups in total. The lowest BCUT2D eigenvalue weighted by Gasteiger charge is -2.46. The molecule has 122 valence electrons. The van der Waals surface area contributed by atoms with Gasteiger partial charge in [-0.1, -0.05) is 6.07 Å². The number of nitrogens with one attached hydrogen (secondary N) is 1. The summed E-state index contributed by atoms with van der Waals surface area (Å²) in [6.45, 7) is 1.24. The molecule has 1 aromatic rings. The molecule has 4 heterocycles. The highest BCUT2D eigenvalue weighted by molar-refractivity contribution is 7.12. The van der Waals surface area contributed by atoms with Gasteiger partial charge in [0, 0.05) is 19.1 Å². The molecule has 23 heavy (non-hydrogen) atoms. The van der Waals surface area contributed by atoms with E-state index in [-0.39, 0.29) is 29.8 Å². The average molecular weight is 333 g/mol. The molecule has 0 radical (unpaired) electrons. The van der Waals surface area contributed by atoms with Crippen LogP contribution in [-0.2, 0) is 9.59 Å². The van der Waals surface area contributed by atoms with Crippen molar-refractivity contribution in [1.82, 2.24) is 15.1 Å². The summed E-state index contributed by atoms with van der Waals surface area (Å²) in [6.07, 6.45) is 2.91. The minimum absolute atomic E-state index is 0.0539. The molecule has 3 aliphatic heterocycles. The van der Waals surface area contributed by atoms with Crippen LogP contribution in [0.4, 0.5) is 0 Å². The van der Waals surface area contributed by atoms with E-state index in [1.54, 1.807) is 15.9 Å². The van der Waals surface area contributed by atoms with Gasteiger partial charge in [-0.25, -0.2) is 0 Å². The quantitative estimate of drug-likeness (QED) is 0.872. The average Bonchev–Trinajstić information content (AvgIpc) is 3.23. The number of carbonyl (C=O) groups excluding carboxylic acids is 3. The Hall–Kier alpha value is -1.89. The molecule has 3 fully saturated rings. The fourth-order valence-electron chi connectivity index (χ4n) is 3.93. The van der Waals surface area contributed by atoms with Crippen molar-refractivity contribution in [3.8, 4) is 0 Å². The number of amides is 3. The Kier molecular flexibility index (Phi) is 3.60. The summed E-state index contributed by atoms with van der Waals surface area (Å²) in [4.78, 5) is 41.6. The largest absolute Gasteiger partial charge is 0.348 e. The van der Waals surface area contributed by atoms with Crippen molar-refractivity contribution >= 4 is 29.1 Å². The zero-order valence-electron chi connectivity index (χ0n) is 12.7. The Balaban J connectivity index is 1.47. The minimum Gasteiger partial charge on any atom is -0.348 e. The second-order valence-corrected chi connectivity index (χ2v) is 7.36. The third-order valence-corrected chi connectivity index (χ3v) is 5.94. The van der Waals surface area contributed by atoms with Gasteiger partial charge in [0.25, 0.3) is 5.91 Å². The summed E-state index contributed by atoms with van der Waals surface area (Å²) < 4.78 is 0. The van der Waals surface area contributed by atoms with E-state index >= 15 is 0 Å². The van der Waals surface area contributed by atoms with E-state index in [9.17, 15) is 14.4 Å². The van der Waals surface area contributed by atoms with E-state index in [4.69, 9.17) is 0 Å². The zero-order chi connectivity index (χ0) is 16.0. The van der Waals surface area contributed by atoms with Crippen molar-refractivity contribution in [3.63, 3.8) is 0 Å². The van der Waals surface area contributed by atoms with Gasteiger partial charge in [0.15, 0.2) is 0 Å². The maximum atomic E-state index is 12.7. The molecule has 0 spiro atoms. The normalized spacial score (nSPS) is 30.2. The minimum atomic E-state index is -0.403. The molecule has 0 aliphatic carbocycles. The molecule has 0 saturated carbocycles. The number of nitrogens with zero attached hydrogens (tertiary/aromatic N) is 2. The van der Waals surface area contributed by atoms with E-state index in [0.717, 1.165) is 12.8 Å². The van der Waals surface area contributed by atoms with E-state index in [0.29, 0.717) is 30.8 Å². The predicted molar refractivity (Wildman–Crippen MR) is 85.0 cm³/mol. The van der Waals surface area contributed by atoms with Gasteiger partial charge in [-0.2, -0.15) is 0 Å². The molecule has 6 nitrogen and oxygen atoms in total. The first kappa shape index (κ1) is 14.7. The number of piperazine rings is 1. The molecular formula is C16H19N3O3S. The van der Waals surface area contributed by atoms with E-state index in [1.807, 2.05) is 11.4 Å². The SMILES string of the molecule is O=C(NC1CCN2C(=O)C3CCCN3C(=O)C2C1)c1cccs1. The van der Waals surface area contributed by atoms with Gasteiger partial charge in [-0.15, -0.1) is 11.3 Å². The summed E-state index contributed by atoms with van der Waals surface area (Å²) >= 11 is 1.40. The molecule has 0 aromatic carbocycles. The second-order valence-electron chi connectivity index (χ2n) is 6.41. The van der Waals surface area contributed by atoms with Gasteiger partial charge in [-0.05, 0) is 37.1 Å². The van der Waals surface area contributed by atoms with Gasteiger partial charge < -0.3 is 15.1 Å². The van der Waals surface area contributed by atoms with Crippen molar-refractivity contribution in [1.29, 1.82) is 0 Å². The molecule has 3 atom stereocenters. The van der Waals surface area contributed by atoms with Crippen molar-refractivity contribution in [2.75, 3.05) is 13.1 Å². The molecule has 3 amide bonds. The summed E-state index contributed by atoms with van der Waals surface area (Å²) in [7, 11) is 0. The molecule has 4 rings (SSSR count). The van der Waals surface area contributed by atoms with Crippen LogP contribution >= 0.6 is 11.3 Å². The molecule has 3 saturated heterocycles. The van der Waals surface area contributed by atoms with Crippen LogP contribution in [0.2, 0.25) is 0 Å². The lowest BCUT2D eigenvalue weighted by molar-refractivity contribution is -0.161. The molecule has 1 aromatic heterocycles. The zero-order valence-corrected chi connectivity index (χ0v) is 13.6. The maximum absolute atomic E-state index is 12.7. The molecule has 7 heteroatoms. The Bertz CT molecular complexity index is 645. The first-order valence-electron chi connectivity index (χ1n) is 8.10. The number of carbonyl (C=O) groups is 3. The Labute approximate surface area is 138 Å². The first-order chi connectivity index (χ1) is 11.1. The highest BCUT2D eigenvalue weighted by Crippen LogP contribution is 2.31. The van der Waals surface area contributed by atoms with Gasteiger partial charge in [0.2, 0.25) is 11.8 Å². The summed E-state index contributed by atoms with van der Waals surface area (Å²) in [5.41, 5.74) is 0. The standard InChI is InChI=1S/C16H19N3O3S/c20-14(13-4-2-8-23-13)17-10-5-7-19-12(9-10)16(22)18-6-1-3-11(18)15(19)21/h2,4,8,10-12H,1,3,5-7,9H2,(H,17,20). The van der Waals surface area contributed by atoms with Crippen LogP contribution < -0.4 is 5.32 Å². The summed E-state index contributed by atoms with van der Waals surface area (Å²) in [5.74, 6) is 0.0596. The topological polar surface area (TPSA) is 69.7 Å². The highest BCUT2D eigenvalue weighted by Gasteiger charge is 2.49. The van der Waals surface area contributed by atoms with Crippen LogP contribution in [0.15, 0.2) is 17.5 Å². The van der Waals surface area contributed by atoms with Gasteiger partial charge >= 0.3 is 0 Å². The highest BCUT2D eigenvalue weighted by atomic mass is 32.1. The van der Waals surface area contributed by atoms with Gasteiger partial charge in [0.05, 0.1) is 4.88 Å². The fourth-order valence-corrected chi connectivity index (χ4v) is 4.56. The third-order valence-electron chi connectivity index (χ3n) is 5.07. The van der Waals surface area contributed by atoms with Crippen LogP contribution in [0, 0.1) is 0 Å². The number of hydrogen-bond acceptors (Lipinski definition) is 4.